The Bertz CT molecular complexity index is 290. The zero-order chi connectivity index (χ0) is 11.5. The number of cyclic esters (lactones) is 1. The van der Waals surface area contributed by atoms with Crippen molar-refractivity contribution in [2.45, 2.75) is 12.1 Å². The van der Waals surface area contributed by atoms with Gasteiger partial charge in [0.15, 0.2) is 0 Å². The number of primary amides is 1. The van der Waals surface area contributed by atoms with Crippen LogP contribution in [0.25, 0.3) is 0 Å². The average molecular weight is 229 g/mol. The summed E-state index contributed by atoms with van der Waals surface area (Å²) in [6.45, 7) is 3.39. The van der Waals surface area contributed by atoms with Crippen molar-refractivity contribution < 1.29 is 19.1 Å². The Hall–Kier alpha value is -1.34. The lowest BCUT2D eigenvalue weighted by Crippen LogP contribution is -2.49. The topological polar surface area (TPSA) is 93.9 Å². The van der Waals surface area contributed by atoms with E-state index in [2.05, 4.69) is 10.2 Å². The molecule has 7 heteroatoms. The normalized spacial score (nSPS) is 30.9. The predicted molar refractivity (Wildman–Crippen MR) is 53.6 cm³/mol. The van der Waals surface area contributed by atoms with E-state index in [4.69, 9.17) is 15.2 Å². The fourth-order valence-corrected chi connectivity index (χ4v) is 1.89. The van der Waals surface area contributed by atoms with Gasteiger partial charge in [0.25, 0.3) is 0 Å². The molecule has 0 aliphatic carbocycles. The van der Waals surface area contributed by atoms with Gasteiger partial charge in [-0.2, -0.15) is 0 Å². The first-order chi connectivity index (χ1) is 7.66. The number of carbonyl (C=O) groups is 2. The lowest BCUT2D eigenvalue weighted by atomic mass is 10.1. The maximum Gasteiger partial charge on any atom is 0.408 e. The summed E-state index contributed by atoms with van der Waals surface area (Å²) in [6.07, 6.45) is -1.08. The first kappa shape index (κ1) is 11.2. The molecule has 2 rings (SSSR count). The largest absolute Gasteiger partial charge is 0.442 e. The highest BCUT2D eigenvalue weighted by atomic mass is 16.6. The van der Waals surface area contributed by atoms with E-state index < -0.39 is 24.1 Å². The van der Waals surface area contributed by atoms with Crippen molar-refractivity contribution in [1.82, 2.24) is 10.2 Å². The van der Waals surface area contributed by atoms with Gasteiger partial charge in [-0.05, 0) is 0 Å². The molecule has 0 aromatic rings. The van der Waals surface area contributed by atoms with Gasteiger partial charge in [-0.15, -0.1) is 0 Å². The highest BCUT2D eigenvalue weighted by molar-refractivity contribution is 5.87. The van der Waals surface area contributed by atoms with Crippen LogP contribution in [0.3, 0.4) is 0 Å². The molecule has 2 saturated heterocycles. The number of carbonyl (C=O) groups excluding carboxylic acids is 2. The number of hydrogen-bond acceptors (Lipinski definition) is 5. The molecule has 0 saturated carbocycles. The maximum absolute atomic E-state index is 11.1. The van der Waals surface area contributed by atoms with E-state index in [9.17, 15) is 9.59 Å². The monoisotopic (exact) mass is 229 g/mol. The van der Waals surface area contributed by atoms with E-state index in [0.717, 1.165) is 13.1 Å². The van der Waals surface area contributed by atoms with Crippen LogP contribution in [-0.2, 0) is 14.3 Å². The summed E-state index contributed by atoms with van der Waals surface area (Å²) in [4.78, 5) is 24.2. The van der Waals surface area contributed by atoms with Gasteiger partial charge in [-0.3, -0.25) is 9.69 Å². The standard InChI is InChI=1S/C9H15N3O4/c10-8(13)7-6(16-9(14)11-7)5-12-1-3-15-4-2-12/h6-7H,1-5H2,(H2,10,13)(H,11,14). The highest BCUT2D eigenvalue weighted by Gasteiger charge is 2.39. The third-order valence-electron chi connectivity index (χ3n) is 2.75. The number of alkyl carbamates (subject to hydrolysis) is 1. The maximum atomic E-state index is 11.1. The molecule has 3 N–H and O–H groups in total. The first-order valence-corrected chi connectivity index (χ1v) is 5.23. The Balaban J connectivity index is 1.91. The summed E-state index contributed by atoms with van der Waals surface area (Å²) in [5.41, 5.74) is 5.18. The van der Waals surface area contributed by atoms with Gasteiger partial charge in [0.2, 0.25) is 5.91 Å². The lowest BCUT2D eigenvalue weighted by Gasteiger charge is -2.29. The Morgan fingerprint density at radius 1 is 1.50 bits per heavy atom. The third kappa shape index (κ3) is 2.42. The van der Waals surface area contributed by atoms with Crippen LogP contribution < -0.4 is 11.1 Å². The zero-order valence-electron chi connectivity index (χ0n) is 8.85. The number of amides is 2. The number of ether oxygens (including phenoxy) is 2. The lowest BCUT2D eigenvalue weighted by molar-refractivity contribution is -0.121. The Morgan fingerprint density at radius 2 is 2.19 bits per heavy atom. The first-order valence-electron chi connectivity index (χ1n) is 5.23. The smallest absolute Gasteiger partial charge is 0.408 e. The SMILES string of the molecule is NC(=O)C1NC(=O)OC1CN1CCOCC1. The molecule has 16 heavy (non-hydrogen) atoms. The molecule has 2 unspecified atom stereocenters. The fraction of sp³-hybridized carbons (Fsp3) is 0.778. The van der Waals surface area contributed by atoms with E-state index in [1.54, 1.807) is 0 Å². The average Bonchev–Trinajstić information content (AvgIpc) is 2.61. The molecule has 2 heterocycles. The third-order valence-corrected chi connectivity index (χ3v) is 2.75. The van der Waals surface area contributed by atoms with Gasteiger partial charge < -0.3 is 20.5 Å². The minimum atomic E-state index is -0.727. The Labute approximate surface area is 92.8 Å². The molecule has 2 fully saturated rings. The zero-order valence-corrected chi connectivity index (χ0v) is 8.85. The molecule has 2 aliphatic heterocycles. The number of hydrogen-bond donors (Lipinski definition) is 2. The van der Waals surface area contributed by atoms with Crippen molar-refractivity contribution in [3.8, 4) is 0 Å². The van der Waals surface area contributed by atoms with Crippen LogP contribution in [-0.4, -0.2) is 61.9 Å². The molecule has 0 bridgehead atoms. The van der Waals surface area contributed by atoms with E-state index >= 15 is 0 Å². The van der Waals surface area contributed by atoms with Crippen LogP contribution in [0.15, 0.2) is 0 Å². The summed E-state index contributed by atoms with van der Waals surface area (Å²) < 4.78 is 10.2. The summed E-state index contributed by atoms with van der Waals surface area (Å²) >= 11 is 0. The van der Waals surface area contributed by atoms with Crippen molar-refractivity contribution in [1.29, 1.82) is 0 Å². The molecule has 0 aromatic heterocycles. The van der Waals surface area contributed by atoms with Gasteiger partial charge >= 0.3 is 6.09 Å². The predicted octanol–water partition coefficient (Wildman–Crippen LogP) is -1.72. The number of morpholine rings is 1. The molecule has 0 radical (unpaired) electrons. The summed E-state index contributed by atoms with van der Waals surface area (Å²) in [6, 6.07) is -0.727. The van der Waals surface area contributed by atoms with Crippen LogP contribution >= 0.6 is 0 Å². The Kier molecular flexibility index (Phi) is 3.25. The molecule has 7 nitrogen and oxygen atoms in total. The van der Waals surface area contributed by atoms with Crippen LogP contribution in [0.4, 0.5) is 4.79 Å². The quantitative estimate of drug-likeness (QED) is 0.600. The van der Waals surface area contributed by atoms with Gasteiger partial charge in [-0.25, -0.2) is 4.79 Å². The fourth-order valence-electron chi connectivity index (χ4n) is 1.89. The molecule has 2 atom stereocenters. The molecular weight excluding hydrogens is 214 g/mol. The van der Waals surface area contributed by atoms with E-state index in [-0.39, 0.29) is 0 Å². The summed E-state index contributed by atoms with van der Waals surface area (Å²) in [5.74, 6) is -0.566. The van der Waals surface area contributed by atoms with E-state index in [1.807, 2.05) is 0 Å². The van der Waals surface area contributed by atoms with Crippen molar-refractivity contribution in [3.05, 3.63) is 0 Å². The second kappa shape index (κ2) is 4.67. The van der Waals surface area contributed by atoms with Crippen molar-refractivity contribution in [3.63, 3.8) is 0 Å². The second-order valence-electron chi connectivity index (χ2n) is 3.88. The van der Waals surface area contributed by atoms with Crippen LogP contribution in [0.2, 0.25) is 0 Å². The van der Waals surface area contributed by atoms with Crippen LogP contribution in [0.5, 0.6) is 0 Å². The molecule has 2 amide bonds. The van der Waals surface area contributed by atoms with Crippen molar-refractivity contribution >= 4 is 12.0 Å². The summed E-state index contributed by atoms with van der Waals surface area (Å²) in [7, 11) is 0. The number of nitrogens with two attached hydrogens (primary N) is 1. The van der Waals surface area contributed by atoms with Gasteiger partial charge in [-0.1, -0.05) is 0 Å². The van der Waals surface area contributed by atoms with Gasteiger partial charge in [0.05, 0.1) is 13.2 Å². The van der Waals surface area contributed by atoms with Gasteiger partial charge in [0.1, 0.15) is 12.1 Å². The molecule has 90 valence electrons. The second-order valence-corrected chi connectivity index (χ2v) is 3.88. The van der Waals surface area contributed by atoms with Crippen molar-refractivity contribution in [2.75, 3.05) is 32.8 Å². The molecular formula is C9H15N3O4. The minimum absolute atomic E-state index is 0.497. The van der Waals surface area contributed by atoms with E-state index in [0.29, 0.717) is 19.8 Å². The minimum Gasteiger partial charge on any atom is -0.442 e. The van der Waals surface area contributed by atoms with Crippen LogP contribution in [0, 0.1) is 0 Å². The highest BCUT2D eigenvalue weighted by Crippen LogP contribution is 2.11. The van der Waals surface area contributed by atoms with E-state index in [1.165, 1.54) is 0 Å². The number of nitrogens with one attached hydrogen (secondary N) is 1. The number of nitrogens with zero attached hydrogens (tertiary/aromatic N) is 1. The molecule has 0 spiro atoms. The molecule has 0 aromatic carbocycles. The number of rotatable bonds is 3. The van der Waals surface area contributed by atoms with Gasteiger partial charge in [0, 0.05) is 19.6 Å². The molecule has 2 aliphatic rings. The Morgan fingerprint density at radius 3 is 2.81 bits per heavy atom. The summed E-state index contributed by atoms with van der Waals surface area (Å²) in [5, 5.41) is 2.40. The van der Waals surface area contributed by atoms with Crippen LogP contribution in [0.1, 0.15) is 0 Å². The van der Waals surface area contributed by atoms with Crippen molar-refractivity contribution in [2.24, 2.45) is 5.73 Å².